The fourth-order valence-electron chi connectivity index (χ4n) is 6.22. The highest BCUT2D eigenvalue weighted by atomic mass is 19.4. The molecule has 0 radical (unpaired) electrons. The lowest BCUT2D eigenvalue weighted by Crippen LogP contribution is -2.38. The van der Waals surface area contributed by atoms with Crippen LogP contribution in [0.2, 0.25) is 0 Å². The normalized spacial score (nSPS) is 20.4. The summed E-state index contributed by atoms with van der Waals surface area (Å²) in [7, 11) is 0. The number of fused-ring (bicyclic) bond motifs is 1. The van der Waals surface area contributed by atoms with E-state index in [1.807, 2.05) is 26.0 Å². The van der Waals surface area contributed by atoms with Gasteiger partial charge in [-0.05, 0) is 68.7 Å². The first-order valence-electron chi connectivity index (χ1n) is 13.4. The Morgan fingerprint density at radius 3 is 2.64 bits per heavy atom. The number of halogens is 3. The number of aliphatic hydroxyl groups is 1. The molecule has 1 atom stereocenters. The maximum atomic E-state index is 13.7. The summed E-state index contributed by atoms with van der Waals surface area (Å²) in [6.07, 6.45) is 1.09. The highest BCUT2D eigenvalue weighted by Crippen LogP contribution is 2.50. The highest BCUT2D eigenvalue weighted by molar-refractivity contribution is 5.36. The minimum Gasteiger partial charge on any atom is -0.509 e. The molecule has 5 rings (SSSR count). The summed E-state index contributed by atoms with van der Waals surface area (Å²) < 4.78 is 48.9. The molecule has 0 amide bonds. The molecule has 1 N–H and O–H groups in total. The van der Waals surface area contributed by atoms with Crippen LogP contribution < -0.4 is 0 Å². The zero-order chi connectivity index (χ0) is 27.8. The maximum absolute atomic E-state index is 13.7. The van der Waals surface area contributed by atoms with Crippen LogP contribution in [0.25, 0.3) is 5.78 Å². The predicted octanol–water partition coefficient (Wildman–Crippen LogP) is 6.37. The molecule has 10 heteroatoms. The summed E-state index contributed by atoms with van der Waals surface area (Å²) in [6.45, 7) is 4.21. The van der Waals surface area contributed by atoms with Gasteiger partial charge in [0, 0.05) is 23.2 Å². The van der Waals surface area contributed by atoms with Gasteiger partial charge in [0.05, 0.1) is 31.1 Å². The maximum Gasteiger partial charge on any atom is 0.416 e. The topological polar surface area (TPSA) is 96.3 Å². The molecule has 2 aliphatic rings. The second-order valence-electron chi connectivity index (χ2n) is 11.0. The Kier molecular flexibility index (Phi) is 7.27. The van der Waals surface area contributed by atoms with Crippen molar-refractivity contribution in [1.29, 1.82) is 5.26 Å². The summed E-state index contributed by atoms with van der Waals surface area (Å²) >= 11 is 0. The molecule has 39 heavy (non-hydrogen) atoms. The van der Waals surface area contributed by atoms with Crippen LogP contribution in [-0.2, 0) is 30.2 Å². The van der Waals surface area contributed by atoms with E-state index in [1.54, 1.807) is 10.6 Å². The zero-order valence-corrected chi connectivity index (χ0v) is 22.2. The Bertz CT molecular complexity index is 1450. The molecule has 3 aromatic rings. The molecule has 1 aliphatic carbocycles. The second kappa shape index (κ2) is 10.5. The van der Waals surface area contributed by atoms with Crippen LogP contribution in [0, 0.1) is 36.5 Å². The Balaban J connectivity index is 1.37. The number of aryl methyl sites for hydroxylation is 3. The van der Waals surface area contributed by atoms with E-state index in [1.165, 1.54) is 12.1 Å². The molecule has 3 heterocycles. The van der Waals surface area contributed by atoms with E-state index in [9.17, 15) is 18.3 Å². The van der Waals surface area contributed by atoms with Crippen molar-refractivity contribution >= 4 is 5.78 Å². The van der Waals surface area contributed by atoms with Crippen LogP contribution in [0.3, 0.4) is 0 Å². The number of aromatic nitrogens is 4. The van der Waals surface area contributed by atoms with Gasteiger partial charge in [0.25, 0.3) is 5.78 Å². The molecule has 1 aliphatic heterocycles. The van der Waals surface area contributed by atoms with Gasteiger partial charge in [0.15, 0.2) is 5.82 Å². The van der Waals surface area contributed by atoms with Crippen molar-refractivity contribution in [3.63, 3.8) is 0 Å². The molecule has 7 nitrogen and oxygen atoms in total. The van der Waals surface area contributed by atoms with Crippen molar-refractivity contribution in [1.82, 2.24) is 19.6 Å². The summed E-state index contributed by atoms with van der Waals surface area (Å²) in [5, 5.41) is 24.6. The van der Waals surface area contributed by atoms with Crippen LogP contribution in [0.5, 0.6) is 0 Å². The van der Waals surface area contributed by atoms with Gasteiger partial charge in [0.2, 0.25) is 0 Å². The third kappa shape index (κ3) is 5.58. The summed E-state index contributed by atoms with van der Waals surface area (Å²) in [5.41, 5.74) is 1.21. The van der Waals surface area contributed by atoms with Crippen LogP contribution in [0.15, 0.2) is 35.8 Å². The van der Waals surface area contributed by atoms with Crippen molar-refractivity contribution in [2.45, 2.75) is 77.8 Å². The fraction of sp³-hybridized carbons (Fsp3) is 0.517. The van der Waals surface area contributed by atoms with Gasteiger partial charge in [-0.15, -0.1) is 5.10 Å². The lowest BCUT2D eigenvalue weighted by molar-refractivity contribution is -0.138. The molecular weight excluding hydrogens is 507 g/mol. The number of aliphatic hydroxyl groups excluding tert-OH is 1. The monoisotopic (exact) mass is 539 g/mol. The van der Waals surface area contributed by atoms with Crippen LogP contribution in [0.1, 0.15) is 72.4 Å². The van der Waals surface area contributed by atoms with Crippen LogP contribution >= 0.6 is 0 Å². The van der Waals surface area contributed by atoms with Crippen LogP contribution in [-0.4, -0.2) is 31.3 Å². The van der Waals surface area contributed by atoms with Gasteiger partial charge in [-0.2, -0.15) is 23.4 Å². The lowest BCUT2D eigenvalue weighted by atomic mass is 9.67. The summed E-state index contributed by atoms with van der Waals surface area (Å²) in [6, 6.07) is 8.01. The molecule has 1 saturated carbocycles. The SMILES string of the molecule is Cc1cc(C)n2nc(CC3=C(O)CC(CCc4ccc(CC#N)c(C(F)(F)F)c4)(C4CCCC4)CO3)nc2n1. The Morgan fingerprint density at radius 2 is 1.95 bits per heavy atom. The Hall–Kier alpha value is -3.61. The third-order valence-electron chi connectivity index (χ3n) is 8.24. The van der Waals surface area contributed by atoms with Crippen molar-refractivity contribution < 1.29 is 23.0 Å². The number of benzene rings is 1. The number of nitriles is 1. The summed E-state index contributed by atoms with van der Waals surface area (Å²) in [5.74, 6) is 1.92. The standard InChI is InChI=1S/C29H32F3N5O2/c1-18-13-19(2)37-27(34-18)35-26(36-37)15-25-24(38)16-28(17-39-25,22-5-3-4-6-22)11-9-20-7-8-21(10-12-33)23(14-20)29(30,31)32/h7-8,13-14,22,38H,3-6,9-11,15-17H2,1-2H3. The molecule has 1 fully saturated rings. The molecular formula is C29H32F3N5O2. The van der Waals surface area contributed by atoms with E-state index < -0.39 is 11.7 Å². The molecule has 1 aromatic carbocycles. The molecule has 1 unspecified atom stereocenters. The van der Waals surface area contributed by atoms with Gasteiger partial charge >= 0.3 is 6.18 Å². The number of hydrogen-bond acceptors (Lipinski definition) is 6. The molecule has 206 valence electrons. The smallest absolute Gasteiger partial charge is 0.416 e. The van der Waals surface area contributed by atoms with E-state index >= 15 is 0 Å². The predicted molar refractivity (Wildman–Crippen MR) is 138 cm³/mol. The first kappa shape index (κ1) is 27.0. The average Bonchev–Trinajstić information content (AvgIpc) is 3.55. The first-order valence-corrected chi connectivity index (χ1v) is 13.4. The number of alkyl halides is 3. The van der Waals surface area contributed by atoms with Gasteiger partial charge in [-0.25, -0.2) is 9.50 Å². The second-order valence-corrected chi connectivity index (χ2v) is 11.0. The lowest BCUT2D eigenvalue weighted by Gasteiger charge is -2.42. The van der Waals surface area contributed by atoms with Gasteiger partial charge in [-0.3, -0.25) is 0 Å². The fourth-order valence-corrected chi connectivity index (χ4v) is 6.22. The minimum atomic E-state index is -4.52. The zero-order valence-electron chi connectivity index (χ0n) is 22.2. The number of ether oxygens (including phenoxy) is 1. The molecule has 0 spiro atoms. The van der Waals surface area contributed by atoms with Crippen LogP contribution in [0.4, 0.5) is 13.2 Å². The van der Waals surface area contributed by atoms with Gasteiger partial charge < -0.3 is 9.84 Å². The minimum absolute atomic E-state index is 0.00779. The van der Waals surface area contributed by atoms with E-state index in [4.69, 9.17) is 10.00 Å². The van der Waals surface area contributed by atoms with E-state index in [-0.39, 0.29) is 29.6 Å². The highest BCUT2D eigenvalue weighted by Gasteiger charge is 2.44. The van der Waals surface area contributed by atoms with Gasteiger partial charge in [-0.1, -0.05) is 25.0 Å². The molecule has 0 saturated heterocycles. The Labute approximate surface area is 225 Å². The Morgan fingerprint density at radius 1 is 1.18 bits per heavy atom. The van der Waals surface area contributed by atoms with E-state index in [2.05, 4.69) is 15.1 Å². The number of rotatable bonds is 7. The van der Waals surface area contributed by atoms with Crippen molar-refractivity contribution in [2.75, 3.05) is 6.61 Å². The number of allylic oxidation sites excluding steroid dienone is 2. The van der Waals surface area contributed by atoms with Crippen molar-refractivity contribution in [3.05, 3.63) is 69.7 Å². The van der Waals surface area contributed by atoms with E-state index in [0.717, 1.165) is 37.1 Å². The molecule has 0 bridgehead atoms. The largest absolute Gasteiger partial charge is 0.509 e. The molecule has 2 aromatic heterocycles. The average molecular weight is 540 g/mol. The first-order chi connectivity index (χ1) is 18.6. The van der Waals surface area contributed by atoms with Crippen molar-refractivity contribution in [2.24, 2.45) is 11.3 Å². The number of nitrogens with zero attached hydrogens (tertiary/aromatic N) is 5. The van der Waals surface area contributed by atoms with Gasteiger partial charge in [0.1, 0.15) is 11.5 Å². The van der Waals surface area contributed by atoms with Crippen molar-refractivity contribution in [3.8, 4) is 6.07 Å². The number of hydrogen-bond donors (Lipinski definition) is 1. The van der Waals surface area contributed by atoms with E-state index in [0.29, 0.717) is 54.7 Å². The quantitative estimate of drug-likeness (QED) is 0.375. The third-order valence-corrected chi connectivity index (χ3v) is 8.24. The summed E-state index contributed by atoms with van der Waals surface area (Å²) in [4.78, 5) is 8.92.